The predicted molar refractivity (Wildman–Crippen MR) is 62.1 cm³/mol. The van der Waals surface area contributed by atoms with E-state index in [9.17, 15) is 13.2 Å². The van der Waals surface area contributed by atoms with E-state index in [0.29, 0.717) is 11.2 Å². The molecule has 84 valence electrons. The highest BCUT2D eigenvalue weighted by Gasteiger charge is 2.14. The summed E-state index contributed by atoms with van der Waals surface area (Å²) in [7, 11) is -3.52. The zero-order valence-electron chi connectivity index (χ0n) is 8.52. The van der Waals surface area contributed by atoms with Gasteiger partial charge in [-0.1, -0.05) is 6.07 Å². The first kappa shape index (κ1) is 10.7. The van der Waals surface area contributed by atoms with Crippen molar-refractivity contribution in [2.75, 3.05) is 12.0 Å². The van der Waals surface area contributed by atoms with Gasteiger partial charge in [-0.05, 0) is 12.1 Å². The number of aromatic amines is 1. The zero-order chi connectivity index (χ0) is 11.9. The molecule has 1 heterocycles. The van der Waals surface area contributed by atoms with Crippen LogP contribution >= 0.6 is 0 Å². The minimum atomic E-state index is -3.52. The van der Waals surface area contributed by atoms with Gasteiger partial charge >= 0.3 is 0 Å². The van der Waals surface area contributed by atoms with Crippen molar-refractivity contribution in [3.8, 4) is 0 Å². The summed E-state index contributed by atoms with van der Waals surface area (Å²) >= 11 is 0. The number of H-pyrrole nitrogens is 1. The van der Waals surface area contributed by atoms with E-state index in [0.717, 1.165) is 6.26 Å². The summed E-state index contributed by atoms with van der Waals surface area (Å²) in [5.41, 5.74) is 6.01. The van der Waals surface area contributed by atoms with Crippen LogP contribution in [0.3, 0.4) is 0 Å². The van der Waals surface area contributed by atoms with E-state index in [-0.39, 0.29) is 10.3 Å². The molecule has 1 aromatic heterocycles. The fourth-order valence-corrected chi connectivity index (χ4v) is 2.25. The average Bonchev–Trinajstić information content (AvgIpc) is 2.18. The van der Waals surface area contributed by atoms with Gasteiger partial charge in [0.2, 0.25) is 5.43 Å². The maximum absolute atomic E-state index is 11.9. The third-order valence-corrected chi connectivity index (χ3v) is 3.41. The van der Waals surface area contributed by atoms with Crippen molar-refractivity contribution in [2.24, 2.45) is 0 Å². The van der Waals surface area contributed by atoms with Crippen molar-refractivity contribution in [2.45, 2.75) is 4.90 Å². The Morgan fingerprint density at radius 1 is 1.31 bits per heavy atom. The normalized spacial score (nSPS) is 11.8. The Morgan fingerprint density at radius 3 is 2.62 bits per heavy atom. The number of pyridine rings is 1. The smallest absolute Gasteiger partial charge is 0.208 e. The number of anilines is 1. The van der Waals surface area contributed by atoms with Gasteiger partial charge in [0.25, 0.3) is 0 Å². The summed E-state index contributed by atoms with van der Waals surface area (Å²) in [4.78, 5) is 14.4. The Labute approximate surface area is 91.8 Å². The van der Waals surface area contributed by atoms with Crippen molar-refractivity contribution in [1.29, 1.82) is 0 Å². The van der Waals surface area contributed by atoms with Crippen LogP contribution in [0.5, 0.6) is 0 Å². The lowest BCUT2D eigenvalue weighted by molar-refractivity contribution is 0.601. The van der Waals surface area contributed by atoms with E-state index in [4.69, 9.17) is 5.73 Å². The van der Waals surface area contributed by atoms with Crippen LogP contribution in [0.15, 0.2) is 34.1 Å². The Hall–Kier alpha value is -1.82. The minimum absolute atomic E-state index is 0.245. The van der Waals surface area contributed by atoms with Crippen LogP contribution in [0.2, 0.25) is 0 Å². The minimum Gasteiger partial charge on any atom is -0.397 e. The number of hydrogen-bond acceptors (Lipinski definition) is 4. The summed E-state index contributed by atoms with van der Waals surface area (Å²) in [6, 6.07) is 4.79. The molecule has 0 unspecified atom stereocenters. The lowest BCUT2D eigenvalue weighted by atomic mass is 10.2. The average molecular weight is 238 g/mol. The van der Waals surface area contributed by atoms with Crippen LogP contribution < -0.4 is 11.2 Å². The zero-order valence-corrected chi connectivity index (χ0v) is 9.34. The van der Waals surface area contributed by atoms with Crippen LogP contribution in [0.25, 0.3) is 10.9 Å². The van der Waals surface area contributed by atoms with Crippen LogP contribution in [-0.2, 0) is 9.84 Å². The van der Waals surface area contributed by atoms with Crippen molar-refractivity contribution in [1.82, 2.24) is 4.98 Å². The van der Waals surface area contributed by atoms with Crippen LogP contribution in [0.1, 0.15) is 0 Å². The summed E-state index contributed by atoms with van der Waals surface area (Å²) < 4.78 is 22.7. The largest absolute Gasteiger partial charge is 0.397 e. The molecule has 2 aromatic rings. The quantitative estimate of drug-likeness (QED) is 0.708. The van der Waals surface area contributed by atoms with Gasteiger partial charge in [0.1, 0.15) is 4.90 Å². The maximum Gasteiger partial charge on any atom is 0.208 e. The second kappa shape index (κ2) is 3.34. The molecule has 0 radical (unpaired) electrons. The number of sulfone groups is 1. The van der Waals surface area contributed by atoms with Gasteiger partial charge in [-0.2, -0.15) is 0 Å². The fraction of sp³-hybridized carbons (Fsp3) is 0.100. The molecule has 0 fully saturated rings. The number of nitrogen functional groups attached to an aromatic ring is 1. The molecule has 0 saturated heterocycles. The molecule has 0 amide bonds. The third-order valence-electron chi connectivity index (χ3n) is 2.31. The Balaban J connectivity index is 2.98. The molecule has 0 spiro atoms. The molecule has 0 aliphatic heterocycles. The third kappa shape index (κ3) is 1.57. The van der Waals surface area contributed by atoms with Crippen molar-refractivity contribution in [3.05, 3.63) is 34.6 Å². The van der Waals surface area contributed by atoms with Crippen molar-refractivity contribution >= 4 is 26.4 Å². The number of nitrogens with two attached hydrogens (primary N) is 1. The molecule has 6 heteroatoms. The topological polar surface area (TPSA) is 93.0 Å². The van der Waals surface area contributed by atoms with E-state index in [2.05, 4.69) is 4.98 Å². The van der Waals surface area contributed by atoms with E-state index in [1.54, 1.807) is 18.2 Å². The molecule has 16 heavy (non-hydrogen) atoms. The Morgan fingerprint density at radius 2 is 2.00 bits per heavy atom. The molecule has 0 atom stereocenters. The number of fused-ring (bicyclic) bond motifs is 1. The SMILES string of the molecule is CS(=O)(=O)c1c[nH]c2c(N)cccc2c1=O. The molecule has 0 bridgehead atoms. The molecular formula is C10H10N2O3S. The summed E-state index contributed by atoms with van der Waals surface area (Å²) in [6.45, 7) is 0. The molecule has 3 N–H and O–H groups in total. The summed E-state index contributed by atoms with van der Waals surface area (Å²) in [6.07, 6.45) is 2.17. The Bertz CT molecular complexity index is 716. The lowest BCUT2D eigenvalue weighted by Gasteiger charge is -2.03. The monoisotopic (exact) mass is 238 g/mol. The van der Waals surface area contributed by atoms with E-state index in [1.165, 1.54) is 6.20 Å². The number of para-hydroxylation sites is 1. The number of hydrogen-bond donors (Lipinski definition) is 2. The van der Waals surface area contributed by atoms with E-state index in [1.807, 2.05) is 0 Å². The number of aromatic nitrogens is 1. The first-order chi connectivity index (χ1) is 7.41. The standard InChI is InChI=1S/C10H10N2O3S/c1-16(14,15)8-5-12-9-6(10(8)13)3-2-4-7(9)11/h2-5H,11H2,1H3,(H,12,13). The van der Waals surface area contributed by atoms with Crippen molar-refractivity contribution in [3.63, 3.8) is 0 Å². The molecule has 0 aliphatic carbocycles. The first-order valence-electron chi connectivity index (χ1n) is 4.51. The van der Waals surface area contributed by atoms with Gasteiger partial charge in [0.05, 0.1) is 11.2 Å². The van der Waals surface area contributed by atoms with Crippen molar-refractivity contribution < 1.29 is 8.42 Å². The highest BCUT2D eigenvalue weighted by Crippen LogP contribution is 2.16. The predicted octanol–water partition coefficient (Wildman–Crippen LogP) is 0.514. The van der Waals surface area contributed by atoms with E-state index >= 15 is 0 Å². The van der Waals surface area contributed by atoms with E-state index < -0.39 is 15.3 Å². The lowest BCUT2D eigenvalue weighted by Crippen LogP contribution is -2.15. The second-order valence-corrected chi connectivity index (χ2v) is 5.51. The van der Waals surface area contributed by atoms with Gasteiger partial charge in [-0.3, -0.25) is 4.79 Å². The highest BCUT2D eigenvalue weighted by atomic mass is 32.2. The number of rotatable bonds is 1. The van der Waals surface area contributed by atoms with Gasteiger partial charge in [-0.15, -0.1) is 0 Å². The highest BCUT2D eigenvalue weighted by molar-refractivity contribution is 7.90. The molecule has 1 aromatic carbocycles. The molecule has 0 saturated carbocycles. The van der Waals surface area contributed by atoms with Gasteiger partial charge in [0.15, 0.2) is 9.84 Å². The summed E-state index contributed by atoms with van der Waals surface area (Å²) in [5, 5.41) is 0.280. The van der Waals surface area contributed by atoms with Crippen LogP contribution in [0, 0.1) is 0 Å². The Kier molecular flexibility index (Phi) is 2.23. The summed E-state index contributed by atoms with van der Waals surface area (Å²) in [5.74, 6) is 0. The molecule has 5 nitrogen and oxygen atoms in total. The first-order valence-corrected chi connectivity index (χ1v) is 6.40. The van der Waals surface area contributed by atoms with Crippen LogP contribution in [0.4, 0.5) is 5.69 Å². The van der Waals surface area contributed by atoms with Gasteiger partial charge < -0.3 is 10.7 Å². The number of benzene rings is 1. The molecule has 0 aliphatic rings. The number of nitrogens with one attached hydrogen (secondary N) is 1. The van der Waals surface area contributed by atoms with Crippen LogP contribution in [-0.4, -0.2) is 19.7 Å². The fourth-order valence-electron chi connectivity index (χ4n) is 1.53. The molecule has 2 rings (SSSR count). The second-order valence-electron chi connectivity index (χ2n) is 3.52. The molecular weight excluding hydrogens is 228 g/mol. The maximum atomic E-state index is 11.9. The van der Waals surface area contributed by atoms with Gasteiger partial charge in [-0.25, -0.2) is 8.42 Å². The van der Waals surface area contributed by atoms with Gasteiger partial charge in [0, 0.05) is 17.8 Å².